The molecule has 4 aromatic rings. The predicted molar refractivity (Wildman–Crippen MR) is 130 cm³/mol. The third-order valence-corrected chi connectivity index (χ3v) is 7.23. The minimum absolute atomic E-state index is 0.0164. The van der Waals surface area contributed by atoms with Gasteiger partial charge in [-0.05, 0) is 38.0 Å². The van der Waals surface area contributed by atoms with Gasteiger partial charge in [-0.15, -0.1) is 11.3 Å². The maximum absolute atomic E-state index is 13.4. The van der Waals surface area contributed by atoms with Crippen LogP contribution >= 0.6 is 11.3 Å². The first-order chi connectivity index (χ1) is 16.6. The molecule has 8 heteroatoms. The number of carbonyl (C=O) groups excluding carboxylic acids is 1. The maximum atomic E-state index is 13.4. The Morgan fingerprint density at radius 1 is 1.21 bits per heavy atom. The molecule has 0 radical (unpaired) electrons. The van der Waals surface area contributed by atoms with Gasteiger partial charge < -0.3 is 14.1 Å². The van der Waals surface area contributed by atoms with E-state index >= 15 is 0 Å². The molecule has 1 aliphatic heterocycles. The zero-order valence-corrected chi connectivity index (χ0v) is 20.0. The van der Waals surface area contributed by atoms with Gasteiger partial charge in [-0.1, -0.05) is 24.3 Å². The second-order valence-corrected chi connectivity index (χ2v) is 9.39. The number of benzene rings is 1. The van der Waals surface area contributed by atoms with Crippen LogP contribution in [0.5, 0.6) is 5.75 Å². The Balaban J connectivity index is 1.29. The SMILES string of the molecule is COc1ccccc1Cc1cnc([C@@H]2CCCN(C(=O)c3sc(-c4ccccn4)nc3C)C2)o1. The molecule has 0 spiro atoms. The number of likely N-dealkylation sites (tertiary alicyclic amines) is 1. The number of ether oxygens (including phenoxy) is 1. The maximum Gasteiger partial charge on any atom is 0.265 e. The van der Waals surface area contributed by atoms with Gasteiger partial charge >= 0.3 is 0 Å². The third kappa shape index (κ3) is 4.59. The molecule has 0 aliphatic carbocycles. The van der Waals surface area contributed by atoms with Gasteiger partial charge in [-0.2, -0.15) is 0 Å². The fourth-order valence-electron chi connectivity index (χ4n) is 4.33. The topological polar surface area (TPSA) is 81.4 Å². The van der Waals surface area contributed by atoms with E-state index in [1.54, 1.807) is 19.5 Å². The largest absolute Gasteiger partial charge is 0.496 e. The van der Waals surface area contributed by atoms with Gasteiger partial charge in [0.15, 0.2) is 5.89 Å². The highest BCUT2D eigenvalue weighted by Gasteiger charge is 2.30. The molecule has 1 aromatic carbocycles. The molecule has 174 valence electrons. The van der Waals surface area contributed by atoms with Gasteiger partial charge in [0.25, 0.3) is 5.91 Å². The summed E-state index contributed by atoms with van der Waals surface area (Å²) in [7, 11) is 1.67. The molecule has 4 heterocycles. The first-order valence-electron chi connectivity index (χ1n) is 11.4. The van der Waals surface area contributed by atoms with Crippen LogP contribution in [0.2, 0.25) is 0 Å². The second kappa shape index (κ2) is 9.77. The highest BCUT2D eigenvalue weighted by molar-refractivity contribution is 7.17. The average Bonchev–Trinajstić information content (AvgIpc) is 3.51. The van der Waals surface area contributed by atoms with Crippen LogP contribution in [0.25, 0.3) is 10.7 Å². The Bertz CT molecular complexity index is 1280. The molecule has 1 amide bonds. The van der Waals surface area contributed by atoms with E-state index in [1.165, 1.54) is 11.3 Å². The number of pyridine rings is 1. The molecule has 0 bridgehead atoms. The van der Waals surface area contributed by atoms with Crippen molar-refractivity contribution in [2.45, 2.75) is 32.1 Å². The zero-order chi connectivity index (χ0) is 23.5. The van der Waals surface area contributed by atoms with Crippen LogP contribution in [0, 0.1) is 6.92 Å². The molecular weight excluding hydrogens is 448 g/mol. The molecule has 0 N–H and O–H groups in total. The molecule has 1 aliphatic rings. The van der Waals surface area contributed by atoms with E-state index in [1.807, 2.05) is 54.3 Å². The summed E-state index contributed by atoms with van der Waals surface area (Å²) in [6, 6.07) is 13.6. The van der Waals surface area contributed by atoms with Crippen LogP contribution in [-0.4, -0.2) is 46.0 Å². The van der Waals surface area contributed by atoms with Gasteiger partial charge in [0.1, 0.15) is 21.4 Å². The summed E-state index contributed by atoms with van der Waals surface area (Å²) >= 11 is 1.40. The van der Waals surface area contributed by atoms with Crippen LogP contribution < -0.4 is 4.74 Å². The van der Waals surface area contributed by atoms with Crippen molar-refractivity contribution in [3.63, 3.8) is 0 Å². The van der Waals surface area contributed by atoms with Crippen LogP contribution in [0.3, 0.4) is 0 Å². The summed E-state index contributed by atoms with van der Waals surface area (Å²) < 4.78 is 11.6. The quantitative estimate of drug-likeness (QED) is 0.386. The summed E-state index contributed by atoms with van der Waals surface area (Å²) in [6.45, 7) is 3.19. The lowest BCUT2D eigenvalue weighted by Gasteiger charge is -2.31. The number of carbonyl (C=O) groups is 1. The Labute approximate surface area is 202 Å². The number of amides is 1. The van der Waals surface area contributed by atoms with E-state index in [4.69, 9.17) is 9.15 Å². The van der Waals surface area contributed by atoms with E-state index in [-0.39, 0.29) is 11.8 Å². The van der Waals surface area contributed by atoms with Crippen LogP contribution in [-0.2, 0) is 6.42 Å². The number of hydrogen-bond donors (Lipinski definition) is 0. The smallest absolute Gasteiger partial charge is 0.265 e. The lowest BCUT2D eigenvalue weighted by atomic mass is 9.98. The van der Waals surface area contributed by atoms with Crippen LogP contribution in [0.4, 0.5) is 0 Å². The monoisotopic (exact) mass is 474 g/mol. The lowest BCUT2D eigenvalue weighted by molar-refractivity contribution is 0.0702. The lowest BCUT2D eigenvalue weighted by Crippen LogP contribution is -2.39. The number of para-hydroxylation sites is 1. The van der Waals surface area contributed by atoms with Crippen molar-refractivity contribution < 1.29 is 13.9 Å². The van der Waals surface area contributed by atoms with Crippen LogP contribution in [0.1, 0.15) is 51.3 Å². The molecule has 1 atom stereocenters. The van der Waals surface area contributed by atoms with Crippen molar-refractivity contribution in [2.24, 2.45) is 0 Å². The highest BCUT2D eigenvalue weighted by Crippen LogP contribution is 2.32. The number of thiazole rings is 1. The number of aromatic nitrogens is 3. The number of oxazole rings is 1. The van der Waals surface area contributed by atoms with Crippen molar-refractivity contribution >= 4 is 17.2 Å². The molecule has 0 saturated carbocycles. The van der Waals surface area contributed by atoms with Gasteiger partial charge in [0.2, 0.25) is 0 Å². The van der Waals surface area contributed by atoms with Crippen molar-refractivity contribution in [3.8, 4) is 16.5 Å². The minimum atomic E-state index is 0.0164. The van der Waals surface area contributed by atoms with Crippen molar-refractivity contribution in [2.75, 3.05) is 20.2 Å². The number of piperidine rings is 1. The average molecular weight is 475 g/mol. The fourth-order valence-corrected chi connectivity index (χ4v) is 5.34. The van der Waals surface area contributed by atoms with Crippen molar-refractivity contribution in [1.82, 2.24) is 19.9 Å². The molecule has 1 saturated heterocycles. The third-order valence-electron chi connectivity index (χ3n) is 6.06. The Kier molecular flexibility index (Phi) is 6.40. The molecule has 7 nitrogen and oxygen atoms in total. The normalized spacial score (nSPS) is 15.9. The number of hydrogen-bond acceptors (Lipinski definition) is 7. The Morgan fingerprint density at radius 2 is 2.06 bits per heavy atom. The molecule has 1 fully saturated rings. The van der Waals surface area contributed by atoms with E-state index in [0.717, 1.165) is 52.9 Å². The van der Waals surface area contributed by atoms with E-state index in [0.29, 0.717) is 23.7 Å². The number of nitrogens with zero attached hydrogens (tertiary/aromatic N) is 4. The van der Waals surface area contributed by atoms with E-state index in [9.17, 15) is 4.79 Å². The molecule has 0 unspecified atom stereocenters. The fraction of sp³-hybridized carbons (Fsp3) is 0.308. The predicted octanol–water partition coefficient (Wildman–Crippen LogP) is 5.12. The second-order valence-electron chi connectivity index (χ2n) is 8.39. The van der Waals surface area contributed by atoms with Gasteiger partial charge in [0, 0.05) is 31.3 Å². The van der Waals surface area contributed by atoms with Gasteiger partial charge in [-0.3, -0.25) is 9.78 Å². The molecule has 3 aromatic heterocycles. The summed E-state index contributed by atoms with van der Waals surface area (Å²) in [4.78, 5) is 29.5. The first kappa shape index (κ1) is 22.3. The summed E-state index contributed by atoms with van der Waals surface area (Å²) in [5.41, 5.74) is 2.58. The molecule has 34 heavy (non-hydrogen) atoms. The number of aryl methyl sites for hydroxylation is 1. The Morgan fingerprint density at radius 3 is 2.88 bits per heavy atom. The van der Waals surface area contributed by atoms with Crippen LogP contribution in [0.15, 0.2) is 59.3 Å². The standard InChI is InChI=1S/C26H26N4O3S/c1-17-23(34-25(29-17)21-10-5-6-12-27-21)26(31)30-13-7-9-19(16-30)24-28-15-20(33-24)14-18-8-3-4-11-22(18)32-2/h3-6,8,10-12,15,19H,7,9,13-14,16H2,1-2H3/t19-/m1/s1. The molecular formula is C26H26N4O3S. The van der Waals surface area contributed by atoms with E-state index < -0.39 is 0 Å². The number of rotatable bonds is 6. The number of methoxy groups -OCH3 is 1. The first-order valence-corrected chi connectivity index (χ1v) is 12.2. The summed E-state index contributed by atoms with van der Waals surface area (Å²) in [6.07, 6.45) is 5.99. The van der Waals surface area contributed by atoms with Gasteiger partial charge in [-0.25, -0.2) is 9.97 Å². The highest BCUT2D eigenvalue weighted by atomic mass is 32.1. The Hall–Kier alpha value is -3.52. The van der Waals surface area contributed by atoms with E-state index in [2.05, 4.69) is 15.0 Å². The van der Waals surface area contributed by atoms with Gasteiger partial charge in [0.05, 0.1) is 30.6 Å². The zero-order valence-electron chi connectivity index (χ0n) is 19.2. The summed E-state index contributed by atoms with van der Waals surface area (Å²) in [5.74, 6) is 2.41. The minimum Gasteiger partial charge on any atom is -0.496 e. The molecule has 5 rings (SSSR count). The van der Waals surface area contributed by atoms with Crippen molar-refractivity contribution in [3.05, 3.63) is 82.6 Å². The van der Waals surface area contributed by atoms with Crippen molar-refractivity contribution in [1.29, 1.82) is 0 Å². The summed E-state index contributed by atoms with van der Waals surface area (Å²) in [5, 5.41) is 0.767.